The Kier molecular flexibility index (Phi) is 1.86. The zero-order valence-corrected chi connectivity index (χ0v) is 9.42. The number of carbonyl (C=O) groups excluding carboxylic acids is 1. The fourth-order valence-electron chi connectivity index (χ4n) is 2.98. The molecular weight excluding hydrogens is 202 g/mol. The summed E-state index contributed by atoms with van der Waals surface area (Å²) >= 11 is 0. The van der Waals surface area contributed by atoms with Crippen LogP contribution in [0.5, 0.6) is 0 Å². The fraction of sp³-hybridized carbons (Fsp3) is 0.500. The summed E-state index contributed by atoms with van der Waals surface area (Å²) in [5, 5.41) is 0. The number of nitrogens with zero attached hydrogens (tertiary/aromatic N) is 2. The molecule has 0 saturated heterocycles. The topological polar surface area (TPSA) is 59.2 Å². The number of hydrogen-bond acceptors (Lipinski definition) is 3. The van der Waals surface area contributed by atoms with Crippen LogP contribution in [0.2, 0.25) is 0 Å². The number of likely N-dealkylation sites (N-methyl/N-ethyl adjacent to an activating group) is 1. The monoisotopic (exact) mass is 217 g/mol. The largest absolute Gasteiger partial charge is 0.320 e. The predicted octanol–water partition coefficient (Wildman–Crippen LogP) is 0.735. The van der Waals surface area contributed by atoms with E-state index >= 15 is 0 Å². The van der Waals surface area contributed by atoms with Crippen LogP contribution in [0.3, 0.4) is 0 Å². The van der Waals surface area contributed by atoms with Crippen molar-refractivity contribution in [3.05, 3.63) is 23.9 Å². The summed E-state index contributed by atoms with van der Waals surface area (Å²) in [5.74, 6) is 1.96. The van der Waals surface area contributed by atoms with E-state index in [0.717, 1.165) is 5.82 Å². The van der Waals surface area contributed by atoms with E-state index < -0.39 is 0 Å². The molecule has 4 nitrogen and oxygen atoms in total. The Labute approximate surface area is 94.5 Å². The SMILES string of the molecule is C[C@@H]1C2C(N)C(=O)N(C)c3ncccc3[C@@H]21. The van der Waals surface area contributed by atoms with Gasteiger partial charge in [-0.3, -0.25) is 9.69 Å². The third kappa shape index (κ3) is 1.08. The predicted molar refractivity (Wildman–Crippen MR) is 61.0 cm³/mol. The first-order valence-corrected chi connectivity index (χ1v) is 5.61. The highest BCUT2D eigenvalue weighted by atomic mass is 16.2. The van der Waals surface area contributed by atoms with Crippen LogP contribution in [0.25, 0.3) is 0 Å². The smallest absolute Gasteiger partial charge is 0.245 e. The molecule has 1 aromatic heterocycles. The van der Waals surface area contributed by atoms with Crippen LogP contribution in [-0.4, -0.2) is 24.0 Å². The Hall–Kier alpha value is -1.42. The van der Waals surface area contributed by atoms with E-state index in [-0.39, 0.29) is 11.9 Å². The molecule has 2 unspecified atom stereocenters. The molecule has 2 aliphatic rings. The van der Waals surface area contributed by atoms with Crippen LogP contribution in [0.4, 0.5) is 5.82 Å². The van der Waals surface area contributed by atoms with Crippen molar-refractivity contribution in [1.82, 2.24) is 4.98 Å². The molecule has 2 N–H and O–H groups in total. The molecular formula is C12H15N3O. The Bertz CT molecular complexity index is 459. The Morgan fingerprint density at radius 2 is 2.25 bits per heavy atom. The average Bonchev–Trinajstić information content (AvgIpc) is 2.98. The van der Waals surface area contributed by atoms with Crippen molar-refractivity contribution >= 4 is 11.7 Å². The molecule has 2 heterocycles. The summed E-state index contributed by atoms with van der Waals surface area (Å²) in [6, 6.07) is 3.61. The summed E-state index contributed by atoms with van der Waals surface area (Å²) in [4.78, 5) is 18.0. The van der Waals surface area contributed by atoms with Gasteiger partial charge in [-0.2, -0.15) is 0 Å². The molecule has 4 heteroatoms. The highest BCUT2D eigenvalue weighted by Crippen LogP contribution is 2.58. The lowest BCUT2D eigenvalue weighted by Crippen LogP contribution is -2.43. The van der Waals surface area contributed by atoms with Crippen LogP contribution in [0.15, 0.2) is 18.3 Å². The first-order chi connectivity index (χ1) is 7.63. The molecule has 3 rings (SSSR count). The fourth-order valence-corrected chi connectivity index (χ4v) is 2.98. The highest BCUT2D eigenvalue weighted by Gasteiger charge is 2.56. The van der Waals surface area contributed by atoms with Gasteiger partial charge >= 0.3 is 0 Å². The number of hydrogen-bond donors (Lipinski definition) is 1. The van der Waals surface area contributed by atoms with Crippen LogP contribution in [-0.2, 0) is 4.79 Å². The van der Waals surface area contributed by atoms with E-state index in [0.29, 0.717) is 17.8 Å². The molecule has 0 bridgehead atoms. The number of pyridine rings is 1. The number of carbonyl (C=O) groups is 1. The normalized spacial score (nSPS) is 36.4. The average molecular weight is 217 g/mol. The number of rotatable bonds is 0. The second-order valence-corrected chi connectivity index (χ2v) is 4.80. The lowest BCUT2D eigenvalue weighted by Gasteiger charge is -2.20. The van der Waals surface area contributed by atoms with Crippen molar-refractivity contribution in [2.75, 3.05) is 11.9 Å². The second-order valence-electron chi connectivity index (χ2n) is 4.80. The van der Waals surface area contributed by atoms with Crippen molar-refractivity contribution in [3.8, 4) is 0 Å². The Morgan fingerprint density at radius 3 is 3.00 bits per heavy atom. The van der Waals surface area contributed by atoms with Gasteiger partial charge in [-0.05, 0) is 29.4 Å². The minimum absolute atomic E-state index is 0.0169. The maximum atomic E-state index is 12.1. The Balaban J connectivity index is 2.15. The highest BCUT2D eigenvalue weighted by molar-refractivity contribution is 5.98. The number of fused-ring (bicyclic) bond motifs is 3. The Morgan fingerprint density at radius 1 is 1.50 bits per heavy atom. The van der Waals surface area contributed by atoms with E-state index in [2.05, 4.69) is 18.0 Å². The number of anilines is 1. The molecule has 0 radical (unpaired) electrons. The third-order valence-corrected chi connectivity index (χ3v) is 3.97. The first-order valence-electron chi connectivity index (χ1n) is 5.61. The van der Waals surface area contributed by atoms with E-state index in [1.165, 1.54) is 5.56 Å². The molecule has 1 aromatic rings. The molecule has 1 saturated carbocycles. The maximum Gasteiger partial charge on any atom is 0.245 e. The standard InChI is InChI=1S/C12H15N3O/c1-6-8-7-4-3-5-14-11(7)15(2)12(16)10(13)9(6)8/h3-6,8-10H,13H2,1-2H3/t6-,8-,9?,10?/m0/s1. The van der Waals surface area contributed by atoms with Crippen molar-refractivity contribution in [3.63, 3.8) is 0 Å². The van der Waals surface area contributed by atoms with E-state index in [9.17, 15) is 4.79 Å². The minimum atomic E-state index is -0.376. The molecule has 1 aliphatic carbocycles. The van der Waals surface area contributed by atoms with Crippen LogP contribution in [0, 0.1) is 11.8 Å². The van der Waals surface area contributed by atoms with Gasteiger partial charge < -0.3 is 5.73 Å². The van der Waals surface area contributed by atoms with Crippen molar-refractivity contribution in [2.45, 2.75) is 18.9 Å². The number of aromatic nitrogens is 1. The van der Waals surface area contributed by atoms with Gasteiger partial charge in [0.05, 0.1) is 6.04 Å². The van der Waals surface area contributed by atoms with Crippen LogP contribution in [0.1, 0.15) is 18.4 Å². The summed E-state index contributed by atoms with van der Waals surface area (Å²) < 4.78 is 0. The van der Waals surface area contributed by atoms with Crippen LogP contribution < -0.4 is 10.6 Å². The van der Waals surface area contributed by atoms with Crippen molar-refractivity contribution < 1.29 is 4.79 Å². The summed E-state index contributed by atoms with van der Waals surface area (Å²) in [5.41, 5.74) is 7.17. The number of nitrogens with two attached hydrogens (primary N) is 1. The molecule has 16 heavy (non-hydrogen) atoms. The molecule has 1 amide bonds. The van der Waals surface area contributed by atoms with Crippen molar-refractivity contribution in [1.29, 1.82) is 0 Å². The van der Waals surface area contributed by atoms with Gasteiger partial charge in [-0.25, -0.2) is 4.98 Å². The number of amides is 1. The summed E-state index contributed by atoms with van der Waals surface area (Å²) in [6.45, 7) is 2.16. The van der Waals surface area contributed by atoms with Gasteiger partial charge in [0.25, 0.3) is 0 Å². The van der Waals surface area contributed by atoms with Crippen LogP contribution >= 0.6 is 0 Å². The zero-order chi connectivity index (χ0) is 11.4. The van der Waals surface area contributed by atoms with Gasteiger partial charge in [0.15, 0.2) is 0 Å². The van der Waals surface area contributed by atoms with Gasteiger partial charge in [-0.15, -0.1) is 0 Å². The molecule has 4 atom stereocenters. The molecule has 1 fully saturated rings. The van der Waals surface area contributed by atoms with Gasteiger partial charge in [-0.1, -0.05) is 13.0 Å². The molecule has 1 aliphatic heterocycles. The third-order valence-electron chi connectivity index (χ3n) is 3.97. The zero-order valence-electron chi connectivity index (χ0n) is 9.42. The molecule has 0 aromatic carbocycles. The van der Waals surface area contributed by atoms with Crippen molar-refractivity contribution in [2.24, 2.45) is 17.6 Å². The van der Waals surface area contributed by atoms with E-state index in [1.807, 2.05) is 6.07 Å². The first kappa shape index (κ1) is 9.78. The maximum absolute atomic E-state index is 12.1. The lowest BCUT2D eigenvalue weighted by atomic mass is 10.1. The minimum Gasteiger partial charge on any atom is -0.320 e. The molecule has 0 spiro atoms. The van der Waals surface area contributed by atoms with Gasteiger partial charge in [0.2, 0.25) is 5.91 Å². The quantitative estimate of drug-likeness (QED) is 0.697. The summed E-state index contributed by atoms with van der Waals surface area (Å²) in [7, 11) is 1.75. The second kappa shape index (κ2) is 3.04. The van der Waals surface area contributed by atoms with Gasteiger partial charge in [0.1, 0.15) is 5.82 Å². The van der Waals surface area contributed by atoms with E-state index in [1.54, 1.807) is 18.1 Å². The summed E-state index contributed by atoms with van der Waals surface area (Å²) in [6.07, 6.45) is 1.72. The molecule has 84 valence electrons. The lowest BCUT2D eigenvalue weighted by molar-refractivity contribution is -0.120. The van der Waals surface area contributed by atoms with E-state index in [4.69, 9.17) is 5.73 Å². The van der Waals surface area contributed by atoms with Gasteiger partial charge in [0, 0.05) is 13.2 Å².